The molecule has 0 unspecified atom stereocenters. The molecule has 0 atom stereocenters. The number of fused-ring (bicyclic) bond motifs is 1. The molecule has 0 radical (unpaired) electrons. The molecule has 0 saturated heterocycles. The molecular formula is C17H15Cl2NO6S. The van der Waals surface area contributed by atoms with Gasteiger partial charge in [0.2, 0.25) is 0 Å². The number of rotatable bonds is 5. The SMILES string of the molecule is COC(=O)CN(c1cc(Cl)ccc1Cl)S(=O)(=O)c1ccc2c(c1)OCCO2. The van der Waals surface area contributed by atoms with Gasteiger partial charge < -0.3 is 14.2 Å². The predicted molar refractivity (Wildman–Crippen MR) is 100 cm³/mol. The summed E-state index contributed by atoms with van der Waals surface area (Å²) in [7, 11) is -3.01. The molecule has 10 heteroatoms. The van der Waals surface area contributed by atoms with Crippen molar-refractivity contribution in [2.45, 2.75) is 4.90 Å². The van der Waals surface area contributed by atoms with Crippen LogP contribution in [0.3, 0.4) is 0 Å². The van der Waals surface area contributed by atoms with Crippen molar-refractivity contribution in [2.24, 2.45) is 0 Å². The summed E-state index contributed by atoms with van der Waals surface area (Å²) in [6, 6.07) is 8.53. The summed E-state index contributed by atoms with van der Waals surface area (Å²) in [5.74, 6) is -0.00907. The van der Waals surface area contributed by atoms with E-state index >= 15 is 0 Å². The fourth-order valence-electron chi connectivity index (χ4n) is 2.47. The fraction of sp³-hybridized carbons (Fsp3) is 0.235. The van der Waals surface area contributed by atoms with Crippen molar-refractivity contribution in [3.05, 3.63) is 46.4 Å². The Morgan fingerprint density at radius 2 is 1.81 bits per heavy atom. The highest BCUT2D eigenvalue weighted by Gasteiger charge is 2.30. The molecule has 0 amide bonds. The lowest BCUT2D eigenvalue weighted by Gasteiger charge is -2.25. The van der Waals surface area contributed by atoms with Crippen LogP contribution in [0, 0.1) is 0 Å². The van der Waals surface area contributed by atoms with E-state index in [1.54, 1.807) is 0 Å². The molecule has 0 N–H and O–H groups in total. The summed E-state index contributed by atoms with van der Waals surface area (Å²) in [6.45, 7) is 0.113. The maximum Gasteiger partial charge on any atom is 0.326 e. The van der Waals surface area contributed by atoms with Crippen molar-refractivity contribution in [3.8, 4) is 11.5 Å². The molecule has 0 aliphatic carbocycles. The van der Waals surface area contributed by atoms with Gasteiger partial charge in [-0.3, -0.25) is 9.10 Å². The number of carbonyl (C=O) groups excluding carboxylic acids is 1. The van der Waals surface area contributed by atoms with E-state index in [4.69, 9.17) is 32.7 Å². The first-order chi connectivity index (χ1) is 12.8. The average Bonchev–Trinajstić information content (AvgIpc) is 2.67. The molecule has 0 spiro atoms. The molecule has 0 fully saturated rings. The number of benzene rings is 2. The first-order valence-corrected chi connectivity index (χ1v) is 9.97. The van der Waals surface area contributed by atoms with E-state index in [1.165, 1.54) is 36.4 Å². The van der Waals surface area contributed by atoms with Gasteiger partial charge in [0.05, 0.1) is 22.7 Å². The normalized spacial score (nSPS) is 13.1. The van der Waals surface area contributed by atoms with Crippen molar-refractivity contribution in [3.63, 3.8) is 0 Å². The van der Waals surface area contributed by atoms with Crippen molar-refractivity contribution >= 4 is 44.9 Å². The van der Waals surface area contributed by atoms with E-state index in [-0.39, 0.29) is 20.6 Å². The number of anilines is 1. The minimum Gasteiger partial charge on any atom is -0.486 e. The van der Waals surface area contributed by atoms with Crippen LogP contribution in [0.2, 0.25) is 10.0 Å². The highest BCUT2D eigenvalue weighted by molar-refractivity contribution is 7.92. The van der Waals surface area contributed by atoms with Crippen LogP contribution in [0.1, 0.15) is 0 Å². The van der Waals surface area contributed by atoms with Crippen molar-refractivity contribution in [1.29, 1.82) is 0 Å². The molecule has 2 aromatic carbocycles. The van der Waals surface area contributed by atoms with Crippen LogP contribution in [-0.2, 0) is 19.6 Å². The van der Waals surface area contributed by atoms with Crippen molar-refractivity contribution < 1.29 is 27.4 Å². The van der Waals surface area contributed by atoms with Gasteiger partial charge in [-0.05, 0) is 30.3 Å². The van der Waals surface area contributed by atoms with E-state index in [0.29, 0.717) is 24.7 Å². The Labute approximate surface area is 166 Å². The number of nitrogens with zero attached hydrogens (tertiary/aromatic N) is 1. The number of esters is 1. The second-order valence-electron chi connectivity index (χ2n) is 5.49. The zero-order valence-electron chi connectivity index (χ0n) is 14.1. The zero-order valence-corrected chi connectivity index (χ0v) is 16.5. The predicted octanol–water partition coefficient (Wildman–Crippen LogP) is 3.13. The fourth-order valence-corrected chi connectivity index (χ4v) is 4.34. The number of sulfonamides is 1. The van der Waals surface area contributed by atoms with Gasteiger partial charge >= 0.3 is 5.97 Å². The maximum absolute atomic E-state index is 13.3. The quantitative estimate of drug-likeness (QED) is 0.676. The van der Waals surface area contributed by atoms with E-state index in [2.05, 4.69) is 4.74 Å². The lowest BCUT2D eigenvalue weighted by molar-refractivity contribution is -0.138. The van der Waals surface area contributed by atoms with Gasteiger partial charge in [0, 0.05) is 11.1 Å². The summed E-state index contributed by atoms with van der Waals surface area (Å²) in [5, 5.41) is 0.381. The summed E-state index contributed by atoms with van der Waals surface area (Å²) >= 11 is 12.2. The summed E-state index contributed by atoms with van der Waals surface area (Å²) in [4.78, 5) is 11.8. The summed E-state index contributed by atoms with van der Waals surface area (Å²) in [6.07, 6.45) is 0. The minimum absolute atomic E-state index is 0.0597. The number of carbonyl (C=O) groups is 1. The smallest absolute Gasteiger partial charge is 0.326 e. The first kappa shape index (κ1) is 19.6. The third kappa shape index (κ3) is 4.07. The topological polar surface area (TPSA) is 82.1 Å². The molecule has 2 aromatic rings. The monoisotopic (exact) mass is 431 g/mol. The van der Waals surface area contributed by atoms with Crippen LogP contribution in [0.4, 0.5) is 5.69 Å². The van der Waals surface area contributed by atoms with E-state index in [9.17, 15) is 13.2 Å². The van der Waals surface area contributed by atoms with Gasteiger partial charge in [-0.2, -0.15) is 0 Å². The average molecular weight is 432 g/mol. The highest BCUT2D eigenvalue weighted by Crippen LogP contribution is 2.36. The lowest BCUT2D eigenvalue weighted by atomic mass is 10.3. The molecule has 1 aliphatic heterocycles. The van der Waals surface area contributed by atoms with E-state index in [0.717, 1.165) is 11.4 Å². The van der Waals surface area contributed by atoms with Crippen LogP contribution in [0.5, 0.6) is 11.5 Å². The van der Waals surface area contributed by atoms with E-state index < -0.39 is 22.5 Å². The van der Waals surface area contributed by atoms with Crippen LogP contribution in [-0.4, -0.2) is 41.3 Å². The van der Waals surface area contributed by atoms with Gasteiger partial charge in [0.25, 0.3) is 10.0 Å². The zero-order chi connectivity index (χ0) is 19.6. The van der Waals surface area contributed by atoms with Crippen LogP contribution in [0.25, 0.3) is 0 Å². The molecule has 0 saturated carbocycles. The van der Waals surface area contributed by atoms with Crippen LogP contribution < -0.4 is 13.8 Å². The Kier molecular flexibility index (Phi) is 5.69. The Balaban J connectivity index is 2.10. The highest BCUT2D eigenvalue weighted by atomic mass is 35.5. The van der Waals surface area contributed by atoms with Gasteiger partial charge in [-0.1, -0.05) is 23.2 Å². The summed E-state index contributed by atoms with van der Waals surface area (Å²) < 4.78 is 42.8. The van der Waals surface area contributed by atoms with Gasteiger partial charge in [0.15, 0.2) is 11.5 Å². The number of hydrogen-bond donors (Lipinski definition) is 0. The second-order valence-corrected chi connectivity index (χ2v) is 8.19. The number of hydrogen-bond acceptors (Lipinski definition) is 6. The second kappa shape index (κ2) is 7.84. The maximum atomic E-state index is 13.3. The molecule has 1 aliphatic rings. The Morgan fingerprint density at radius 1 is 1.11 bits per heavy atom. The third-order valence-electron chi connectivity index (χ3n) is 3.78. The van der Waals surface area contributed by atoms with E-state index in [1.807, 2.05) is 0 Å². The molecule has 7 nitrogen and oxygen atoms in total. The Hall–Kier alpha value is -2.16. The van der Waals surface area contributed by atoms with Gasteiger partial charge in [-0.25, -0.2) is 8.42 Å². The molecule has 144 valence electrons. The minimum atomic E-state index is -4.18. The number of ether oxygens (including phenoxy) is 3. The van der Waals surface area contributed by atoms with Crippen molar-refractivity contribution in [1.82, 2.24) is 0 Å². The van der Waals surface area contributed by atoms with Gasteiger partial charge in [0.1, 0.15) is 19.8 Å². The summed E-state index contributed by atoms with van der Waals surface area (Å²) in [5.41, 5.74) is 0.0597. The van der Waals surface area contributed by atoms with Crippen LogP contribution in [0.15, 0.2) is 41.3 Å². The molecule has 0 aromatic heterocycles. The number of halogens is 2. The number of methoxy groups -OCH3 is 1. The molecule has 3 rings (SSSR count). The molecule has 27 heavy (non-hydrogen) atoms. The first-order valence-electron chi connectivity index (χ1n) is 7.77. The van der Waals surface area contributed by atoms with Gasteiger partial charge in [-0.15, -0.1) is 0 Å². The lowest BCUT2D eigenvalue weighted by Crippen LogP contribution is -2.36. The standard InChI is InChI=1S/C17H15Cl2NO6S/c1-24-17(21)10-20(14-8-11(18)2-4-13(14)19)27(22,23)12-3-5-15-16(9-12)26-7-6-25-15/h2-5,8-9H,6-7,10H2,1H3. The molecule has 1 heterocycles. The molecule has 0 bridgehead atoms. The Bertz CT molecular complexity index is 979. The third-order valence-corrected chi connectivity index (χ3v) is 6.09. The molecular weight excluding hydrogens is 417 g/mol. The Morgan fingerprint density at radius 3 is 2.52 bits per heavy atom. The van der Waals surface area contributed by atoms with Crippen LogP contribution >= 0.6 is 23.2 Å². The largest absolute Gasteiger partial charge is 0.486 e. The van der Waals surface area contributed by atoms with Crippen molar-refractivity contribution in [2.75, 3.05) is 31.2 Å².